The van der Waals surface area contributed by atoms with Crippen molar-refractivity contribution in [3.8, 4) is 11.5 Å². The number of hydrogen-bond donors (Lipinski definition) is 0. The standard InChI is InChI=1S/C16H17ClO/c1-3-13-5-4-6-15(10-13)18-16-8-7-14(11-17)9-12(16)2/h4-10H,3,11H2,1-2H3. The van der Waals surface area contributed by atoms with Crippen LogP contribution in [0.2, 0.25) is 0 Å². The van der Waals surface area contributed by atoms with Gasteiger partial charge in [-0.1, -0.05) is 31.2 Å². The van der Waals surface area contributed by atoms with E-state index in [1.807, 2.05) is 31.2 Å². The topological polar surface area (TPSA) is 9.23 Å². The highest BCUT2D eigenvalue weighted by Crippen LogP contribution is 2.26. The summed E-state index contributed by atoms with van der Waals surface area (Å²) in [5.74, 6) is 2.31. The van der Waals surface area contributed by atoms with Crippen LogP contribution in [0.15, 0.2) is 42.5 Å². The van der Waals surface area contributed by atoms with E-state index in [2.05, 4.69) is 25.1 Å². The Balaban J connectivity index is 2.22. The van der Waals surface area contributed by atoms with Gasteiger partial charge in [0.05, 0.1) is 0 Å². The minimum absolute atomic E-state index is 0.534. The van der Waals surface area contributed by atoms with Gasteiger partial charge in [0.15, 0.2) is 0 Å². The summed E-state index contributed by atoms with van der Waals surface area (Å²) in [5, 5.41) is 0. The smallest absolute Gasteiger partial charge is 0.130 e. The molecule has 0 fully saturated rings. The zero-order valence-electron chi connectivity index (χ0n) is 10.7. The molecule has 0 spiro atoms. The second-order valence-electron chi connectivity index (χ2n) is 4.34. The van der Waals surface area contributed by atoms with Crippen molar-refractivity contribution in [3.05, 3.63) is 59.2 Å². The van der Waals surface area contributed by atoms with Crippen molar-refractivity contribution < 1.29 is 4.74 Å². The van der Waals surface area contributed by atoms with E-state index in [0.717, 1.165) is 29.0 Å². The van der Waals surface area contributed by atoms with Gasteiger partial charge in [0.25, 0.3) is 0 Å². The lowest BCUT2D eigenvalue weighted by molar-refractivity contribution is 0.478. The van der Waals surface area contributed by atoms with Crippen LogP contribution in [0.3, 0.4) is 0 Å². The Hall–Kier alpha value is -1.47. The van der Waals surface area contributed by atoms with Gasteiger partial charge in [0, 0.05) is 5.88 Å². The molecule has 2 aromatic carbocycles. The van der Waals surface area contributed by atoms with Gasteiger partial charge in [-0.05, 0) is 48.2 Å². The average Bonchev–Trinajstić information content (AvgIpc) is 2.41. The van der Waals surface area contributed by atoms with Crippen LogP contribution >= 0.6 is 11.6 Å². The number of rotatable bonds is 4. The molecule has 0 saturated heterocycles. The Bertz CT molecular complexity index is 534. The number of benzene rings is 2. The molecule has 0 atom stereocenters. The first kappa shape index (κ1) is 13.0. The normalized spacial score (nSPS) is 10.4. The minimum atomic E-state index is 0.534. The molecule has 0 heterocycles. The fourth-order valence-electron chi connectivity index (χ4n) is 1.87. The number of halogens is 1. The molecule has 0 N–H and O–H groups in total. The van der Waals surface area contributed by atoms with Crippen LogP contribution in [0.1, 0.15) is 23.6 Å². The number of alkyl halides is 1. The van der Waals surface area contributed by atoms with Crippen molar-refractivity contribution in [1.82, 2.24) is 0 Å². The van der Waals surface area contributed by atoms with E-state index >= 15 is 0 Å². The molecule has 0 aliphatic carbocycles. The summed E-state index contributed by atoms with van der Waals surface area (Å²) in [7, 11) is 0. The van der Waals surface area contributed by atoms with Gasteiger partial charge in [0.1, 0.15) is 11.5 Å². The molecule has 18 heavy (non-hydrogen) atoms. The van der Waals surface area contributed by atoms with Crippen molar-refractivity contribution in [3.63, 3.8) is 0 Å². The average molecular weight is 261 g/mol. The summed E-state index contributed by atoms with van der Waals surface area (Å²) in [4.78, 5) is 0. The molecule has 0 saturated carbocycles. The van der Waals surface area contributed by atoms with Gasteiger partial charge in [-0.2, -0.15) is 0 Å². The van der Waals surface area contributed by atoms with Crippen LogP contribution in [0, 0.1) is 6.92 Å². The molecule has 2 heteroatoms. The maximum Gasteiger partial charge on any atom is 0.130 e. The zero-order valence-corrected chi connectivity index (χ0v) is 11.5. The molecule has 0 unspecified atom stereocenters. The molecule has 0 bridgehead atoms. The molecule has 0 amide bonds. The van der Waals surface area contributed by atoms with Crippen molar-refractivity contribution >= 4 is 11.6 Å². The Morgan fingerprint density at radius 1 is 1.06 bits per heavy atom. The first-order chi connectivity index (χ1) is 8.72. The summed E-state index contributed by atoms with van der Waals surface area (Å²) in [6, 6.07) is 14.2. The van der Waals surface area contributed by atoms with Crippen molar-refractivity contribution in [2.24, 2.45) is 0 Å². The van der Waals surface area contributed by atoms with Crippen molar-refractivity contribution in [2.75, 3.05) is 0 Å². The molecule has 0 aliphatic rings. The lowest BCUT2D eigenvalue weighted by atomic mass is 10.1. The van der Waals surface area contributed by atoms with Crippen LogP contribution in [0.4, 0.5) is 0 Å². The molecule has 0 aromatic heterocycles. The van der Waals surface area contributed by atoms with Crippen molar-refractivity contribution in [2.45, 2.75) is 26.1 Å². The Morgan fingerprint density at radius 3 is 2.56 bits per heavy atom. The number of aryl methyl sites for hydroxylation is 2. The van der Waals surface area contributed by atoms with Gasteiger partial charge in [0.2, 0.25) is 0 Å². The van der Waals surface area contributed by atoms with E-state index in [-0.39, 0.29) is 0 Å². The summed E-state index contributed by atoms with van der Waals surface area (Å²) in [6.07, 6.45) is 1.02. The highest BCUT2D eigenvalue weighted by Gasteiger charge is 2.03. The molecule has 1 nitrogen and oxygen atoms in total. The third kappa shape index (κ3) is 3.05. The zero-order chi connectivity index (χ0) is 13.0. The van der Waals surface area contributed by atoms with Crippen LogP contribution in [-0.4, -0.2) is 0 Å². The van der Waals surface area contributed by atoms with E-state index < -0.39 is 0 Å². The first-order valence-electron chi connectivity index (χ1n) is 6.15. The fourth-order valence-corrected chi connectivity index (χ4v) is 2.03. The third-order valence-electron chi connectivity index (χ3n) is 2.93. The summed E-state index contributed by atoms with van der Waals surface area (Å²) >= 11 is 5.81. The van der Waals surface area contributed by atoms with Gasteiger partial charge in [-0.3, -0.25) is 0 Å². The van der Waals surface area contributed by atoms with Gasteiger partial charge in [-0.25, -0.2) is 0 Å². The molecule has 2 aromatic rings. The highest BCUT2D eigenvalue weighted by molar-refractivity contribution is 6.17. The predicted molar refractivity (Wildman–Crippen MR) is 76.6 cm³/mol. The molecule has 0 radical (unpaired) electrons. The molecule has 0 aliphatic heterocycles. The van der Waals surface area contributed by atoms with E-state index in [1.54, 1.807) is 0 Å². The summed E-state index contributed by atoms with van der Waals surface area (Å²) in [5.41, 5.74) is 3.50. The molecular formula is C16H17ClO. The van der Waals surface area contributed by atoms with E-state index in [9.17, 15) is 0 Å². The summed E-state index contributed by atoms with van der Waals surface area (Å²) < 4.78 is 5.91. The predicted octanol–water partition coefficient (Wildman–Crippen LogP) is 5.09. The largest absolute Gasteiger partial charge is 0.457 e. The first-order valence-corrected chi connectivity index (χ1v) is 6.68. The van der Waals surface area contributed by atoms with Crippen LogP contribution < -0.4 is 4.74 Å². The fraction of sp³-hybridized carbons (Fsp3) is 0.250. The second kappa shape index (κ2) is 5.92. The Labute approximate surface area is 113 Å². The number of hydrogen-bond acceptors (Lipinski definition) is 1. The van der Waals surface area contributed by atoms with Crippen molar-refractivity contribution in [1.29, 1.82) is 0 Å². The minimum Gasteiger partial charge on any atom is -0.457 e. The summed E-state index contributed by atoms with van der Waals surface area (Å²) in [6.45, 7) is 4.18. The lowest BCUT2D eigenvalue weighted by Crippen LogP contribution is -1.90. The highest BCUT2D eigenvalue weighted by atomic mass is 35.5. The molecule has 94 valence electrons. The van der Waals surface area contributed by atoms with Gasteiger partial charge < -0.3 is 4.74 Å². The van der Waals surface area contributed by atoms with Crippen LogP contribution in [0.5, 0.6) is 11.5 Å². The quantitative estimate of drug-likeness (QED) is 0.696. The van der Waals surface area contributed by atoms with E-state index in [4.69, 9.17) is 16.3 Å². The maximum atomic E-state index is 5.91. The SMILES string of the molecule is CCc1cccc(Oc2ccc(CCl)cc2C)c1. The molecule has 2 rings (SSSR count). The monoisotopic (exact) mass is 260 g/mol. The molecular weight excluding hydrogens is 244 g/mol. The van der Waals surface area contributed by atoms with Gasteiger partial charge >= 0.3 is 0 Å². The Kier molecular flexibility index (Phi) is 4.27. The van der Waals surface area contributed by atoms with Crippen LogP contribution in [-0.2, 0) is 12.3 Å². The van der Waals surface area contributed by atoms with E-state index in [1.165, 1.54) is 5.56 Å². The Morgan fingerprint density at radius 2 is 1.89 bits per heavy atom. The lowest BCUT2D eigenvalue weighted by Gasteiger charge is -2.10. The van der Waals surface area contributed by atoms with Gasteiger partial charge in [-0.15, -0.1) is 11.6 Å². The van der Waals surface area contributed by atoms with E-state index in [0.29, 0.717) is 5.88 Å². The third-order valence-corrected chi connectivity index (χ3v) is 3.24. The van der Waals surface area contributed by atoms with Crippen LogP contribution in [0.25, 0.3) is 0 Å². The number of ether oxygens (including phenoxy) is 1. The second-order valence-corrected chi connectivity index (χ2v) is 4.60. The maximum absolute atomic E-state index is 5.91.